The molecule has 7 heteroatoms. The van der Waals surface area contributed by atoms with E-state index in [1.165, 1.54) is 17.0 Å². The molecule has 0 aromatic heterocycles. The van der Waals surface area contributed by atoms with Crippen molar-refractivity contribution in [3.05, 3.63) is 80.1 Å². The molecule has 0 saturated carbocycles. The first-order valence-electron chi connectivity index (χ1n) is 9.30. The third-order valence-corrected chi connectivity index (χ3v) is 4.77. The third kappa shape index (κ3) is 3.85. The molecule has 0 aliphatic heterocycles. The Bertz CT molecular complexity index is 1110. The van der Waals surface area contributed by atoms with E-state index in [9.17, 15) is 19.5 Å². The smallest absolute Gasteiger partial charge is 0.257 e. The van der Waals surface area contributed by atoms with Crippen molar-refractivity contribution in [2.24, 2.45) is 0 Å². The SMILES string of the molecule is CCC(Nc1c(Nc2cccc(C(=O)N(C)C)c2O)c(=O)c1=O)c1ccccc1.[HH].[HH]. The molecule has 0 aliphatic rings. The van der Waals surface area contributed by atoms with Crippen LogP contribution in [0.3, 0.4) is 0 Å². The second kappa shape index (κ2) is 8.18. The van der Waals surface area contributed by atoms with Crippen molar-refractivity contribution in [2.75, 3.05) is 24.7 Å². The fourth-order valence-corrected chi connectivity index (χ4v) is 3.12. The molecule has 3 N–H and O–H groups in total. The fourth-order valence-electron chi connectivity index (χ4n) is 3.12. The van der Waals surface area contributed by atoms with Crippen LogP contribution in [0.4, 0.5) is 17.1 Å². The number of nitrogens with one attached hydrogen (secondary N) is 2. The van der Waals surface area contributed by atoms with E-state index in [-0.39, 0.29) is 43.2 Å². The van der Waals surface area contributed by atoms with Gasteiger partial charge in [0, 0.05) is 16.9 Å². The van der Waals surface area contributed by atoms with Crippen molar-refractivity contribution < 1.29 is 12.8 Å². The molecule has 1 amide bonds. The molecule has 0 saturated heterocycles. The minimum atomic E-state index is -0.667. The zero-order chi connectivity index (χ0) is 21.1. The largest absolute Gasteiger partial charge is 0.505 e. The van der Waals surface area contributed by atoms with Gasteiger partial charge in [0.2, 0.25) is 0 Å². The highest BCUT2D eigenvalue weighted by Crippen LogP contribution is 2.33. The highest BCUT2D eigenvalue weighted by Gasteiger charge is 2.25. The number of aromatic hydroxyl groups is 1. The van der Waals surface area contributed by atoms with Gasteiger partial charge in [0.1, 0.15) is 11.4 Å². The van der Waals surface area contributed by atoms with Crippen LogP contribution in [0.5, 0.6) is 5.75 Å². The lowest BCUT2D eigenvalue weighted by atomic mass is 10.0. The average molecular weight is 397 g/mol. The number of hydrogen-bond acceptors (Lipinski definition) is 6. The molecule has 1 unspecified atom stereocenters. The van der Waals surface area contributed by atoms with Crippen molar-refractivity contribution in [1.29, 1.82) is 0 Å². The topological polar surface area (TPSA) is 98.7 Å². The molecular weight excluding hydrogens is 370 g/mol. The van der Waals surface area contributed by atoms with Crippen molar-refractivity contribution in [3.63, 3.8) is 0 Å². The highest BCUT2D eigenvalue weighted by atomic mass is 16.3. The van der Waals surface area contributed by atoms with E-state index in [1.54, 1.807) is 20.2 Å². The Hall–Kier alpha value is -3.61. The molecule has 154 valence electrons. The van der Waals surface area contributed by atoms with E-state index in [1.807, 2.05) is 37.3 Å². The fraction of sp³-hybridized carbons (Fsp3) is 0.227. The molecule has 0 radical (unpaired) electrons. The maximum Gasteiger partial charge on any atom is 0.257 e. The molecule has 0 bridgehead atoms. The Morgan fingerprint density at radius 1 is 1.03 bits per heavy atom. The molecular formula is C22H27N3O4. The molecule has 7 nitrogen and oxygen atoms in total. The Kier molecular flexibility index (Phi) is 5.68. The summed E-state index contributed by atoms with van der Waals surface area (Å²) >= 11 is 0. The van der Waals surface area contributed by atoms with E-state index in [0.29, 0.717) is 6.42 Å². The summed E-state index contributed by atoms with van der Waals surface area (Å²) in [7, 11) is 3.16. The van der Waals surface area contributed by atoms with Crippen LogP contribution >= 0.6 is 0 Å². The van der Waals surface area contributed by atoms with Crippen molar-refractivity contribution in [3.8, 4) is 5.75 Å². The first kappa shape index (κ1) is 20.1. The number of amides is 1. The minimum absolute atomic E-state index is 0. The molecule has 0 fully saturated rings. The number of hydrogen-bond donors (Lipinski definition) is 3. The van der Waals surface area contributed by atoms with Crippen molar-refractivity contribution in [1.82, 2.24) is 4.90 Å². The second-order valence-corrected chi connectivity index (χ2v) is 6.95. The van der Waals surface area contributed by atoms with Crippen molar-refractivity contribution in [2.45, 2.75) is 19.4 Å². The molecule has 1 atom stereocenters. The first-order valence-corrected chi connectivity index (χ1v) is 9.30. The summed E-state index contributed by atoms with van der Waals surface area (Å²) in [4.78, 5) is 37.9. The Labute approximate surface area is 171 Å². The number of rotatable bonds is 7. The van der Waals surface area contributed by atoms with E-state index < -0.39 is 10.9 Å². The quantitative estimate of drug-likeness (QED) is 0.417. The molecule has 0 heterocycles. The number of anilines is 3. The van der Waals surface area contributed by atoms with Gasteiger partial charge in [-0.05, 0) is 24.1 Å². The van der Waals surface area contributed by atoms with Gasteiger partial charge in [0.15, 0.2) is 5.75 Å². The van der Waals surface area contributed by atoms with Gasteiger partial charge in [-0.1, -0.05) is 43.3 Å². The summed E-state index contributed by atoms with van der Waals surface area (Å²) in [6.07, 6.45) is 0.709. The number of phenols is 1. The Morgan fingerprint density at radius 3 is 2.31 bits per heavy atom. The normalized spacial score (nSPS) is 11.8. The van der Waals surface area contributed by atoms with E-state index >= 15 is 0 Å². The van der Waals surface area contributed by atoms with Gasteiger partial charge in [-0.25, -0.2) is 0 Å². The van der Waals surface area contributed by atoms with Crippen LogP contribution in [0, 0.1) is 0 Å². The summed E-state index contributed by atoms with van der Waals surface area (Å²) < 4.78 is 0. The molecule has 0 spiro atoms. The lowest BCUT2D eigenvalue weighted by molar-refractivity contribution is 0.0824. The zero-order valence-corrected chi connectivity index (χ0v) is 16.5. The maximum absolute atomic E-state index is 12.2. The number of nitrogens with zero attached hydrogens (tertiary/aromatic N) is 1. The third-order valence-electron chi connectivity index (χ3n) is 4.77. The van der Waals surface area contributed by atoms with Gasteiger partial charge in [0.05, 0.1) is 17.3 Å². The summed E-state index contributed by atoms with van der Waals surface area (Å²) in [6.45, 7) is 1.98. The summed E-state index contributed by atoms with van der Waals surface area (Å²) in [5, 5.41) is 16.4. The van der Waals surface area contributed by atoms with E-state index in [0.717, 1.165) is 5.56 Å². The number of phenolic OH excluding ortho intramolecular Hbond substituents is 1. The average Bonchev–Trinajstić information content (AvgIpc) is 2.74. The van der Waals surface area contributed by atoms with Crippen LogP contribution < -0.4 is 21.5 Å². The zero-order valence-electron chi connectivity index (χ0n) is 16.5. The molecule has 29 heavy (non-hydrogen) atoms. The van der Waals surface area contributed by atoms with Crippen LogP contribution in [0.1, 0.15) is 38.2 Å². The highest BCUT2D eigenvalue weighted by molar-refractivity contribution is 5.99. The van der Waals surface area contributed by atoms with Crippen LogP contribution in [0.25, 0.3) is 0 Å². The molecule has 3 aromatic carbocycles. The van der Waals surface area contributed by atoms with Gasteiger partial charge in [-0.3, -0.25) is 14.4 Å². The monoisotopic (exact) mass is 397 g/mol. The summed E-state index contributed by atoms with van der Waals surface area (Å²) in [5.41, 5.74) is 0.254. The van der Waals surface area contributed by atoms with Crippen LogP contribution in [0.2, 0.25) is 0 Å². The van der Waals surface area contributed by atoms with Gasteiger partial charge < -0.3 is 20.6 Å². The number of benzene rings is 2. The van der Waals surface area contributed by atoms with Gasteiger partial charge in [-0.15, -0.1) is 0 Å². The number of carbonyl (C=O) groups excluding carboxylic acids is 1. The van der Waals surface area contributed by atoms with Crippen LogP contribution in [0.15, 0.2) is 58.1 Å². The molecule has 3 aromatic rings. The van der Waals surface area contributed by atoms with Gasteiger partial charge in [0.25, 0.3) is 16.8 Å². The number of carbonyl (C=O) groups is 1. The standard InChI is InChI=1S/C22H23N3O4.2H2/c1-4-15(13-9-6-5-7-10-13)23-17-18(21(28)20(17)27)24-16-12-8-11-14(19(16)26)22(29)25(2)3;;/h5-12,15,23-24,26H,4H2,1-3H3;2*1H. The molecule has 3 rings (SSSR count). The minimum Gasteiger partial charge on any atom is -0.505 e. The first-order chi connectivity index (χ1) is 13.8. The lowest BCUT2D eigenvalue weighted by Crippen LogP contribution is -2.37. The van der Waals surface area contributed by atoms with Gasteiger partial charge >= 0.3 is 0 Å². The van der Waals surface area contributed by atoms with E-state index in [2.05, 4.69) is 10.6 Å². The maximum atomic E-state index is 12.2. The Balaban J connectivity index is 0.00000240. The predicted octanol–water partition coefficient (Wildman–Crippen LogP) is 3.49. The lowest BCUT2D eigenvalue weighted by Gasteiger charge is -2.22. The summed E-state index contributed by atoms with van der Waals surface area (Å²) in [6, 6.07) is 14.1. The van der Waals surface area contributed by atoms with Gasteiger partial charge in [-0.2, -0.15) is 0 Å². The van der Waals surface area contributed by atoms with Crippen LogP contribution in [-0.4, -0.2) is 30.0 Å². The molecule has 0 aliphatic carbocycles. The van der Waals surface area contributed by atoms with E-state index in [4.69, 9.17) is 0 Å². The Morgan fingerprint density at radius 2 is 1.69 bits per heavy atom. The van der Waals surface area contributed by atoms with Crippen molar-refractivity contribution >= 4 is 23.0 Å². The summed E-state index contributed by atoms with van der Waals surface area (Å²) in [5.74, 6) is -0.648. The second-order valence-electron chi connectivity index (χ2n) is 6.95. The van der Waals surface area contributed by atoms with Crippen LogP contribution in [-0.2, 0) is 0 Å². The predicted molar refractivity (Wildman–Crippen MR) is 118 cm³/mol. The number of para-hydroxylation sites is 1.